The molecular weight excluding hydrogens is 693 g/mol. The first-order valence-corrected chi connectivity index (χ1v) is 29.2. The third-order valence-corrected chi connectivity index (χ3v) is 24.7. The van der Waals surface area contributed by atoms with E-state index in [0.717, 1.165) is 37.0 Å². The van der Waals surface area contributed by atoms with Gasteiger partial charge in [-0.1, -0.05) is 82.0 Å². The average molecular weight is 773 g/mol. The minimum atomic E-state index is -2.30. The molecule has 2 aliphatic carbocycles. The van der Waals surface area contributed by atoms with Gasteiger partial charge in [0, 0.05) is 56.7 Å². The molecule has 0 aromatic rings. The number of aldehydes is 1. The van der Waals surface area contributed by atoms with Gasteiger partial charge in [-0.05, 0) is 87.3 Å². The number of carbonyl (C=O) groups is 2. The maximum Gasteiger partial charge on any atom is 0.192 e. The van der Waals surface area contributed by atoms with Crippen molar-refractivity contribution in [2.45, 2.75) is 182 Å². The van der Waals surface area contributed by atoms with Crippen LogP contribution in [0.5, 0.6) is 0 Å². The molecule has 0 amide bonds. The zero-order chi connectivity index (χ0) is 39.1. The molecule has 2 aliphatic rings. The maximum atomic E-state index is 14.3. The molecule has 0 bridgehead atoms. The summed E-state index contributed by atoms with van der Waals surface area (Å²) in [6.07, 6.45) is 4.10. The summed E-state index contributed by atoms with van der Waals surface area (Å²) in [5.41, 5.74) is -2.20. The second-order valence-corrected chi connectivity index (χ2v) is 34.5. The Morgan fingerprint density at radius 3 is 1.94 bits per heavy atom. The van der Waals surface area contributed by atoms with E-state index in [1.165, 1.54) is 6.29 Å². The van der Waals surface area contributed by atoms with Crippen molar-refractivity contribution in [2.24, 2.45) is 28.1 Å². The molecule has 7 atom stereocenters. The van der Waals surface area contributed by atoms with Crippen LogP contribution in [0.4, 0.5) is 0 Å². The lowest BCUT2D eigenvalue weighted by Gasteiger charge is -2.67. The van der Waals surface area contributed by atoms with Gasteiger partial charge in [0.1, 0.15) is 25.7 Å². The Bertz CT molecular complexity index is 1090. The second-order valence-electron chi connectivity index (χ2n) is 19.4. The third-order valence-electron chi connectivity index (χ3n) is 13.8. The van der Waals surface area contributed by atoms with Crippen molar-refractivity contribution in [3.8, 4) is 0 Å². The summed E-state index contributed by atoms with van der Waals surface area (Å²) in [6.45, 7) is 35.1. The molecule has 2 rings (SSSR count). The molecule has 2 fully saturated rings. The second kappa shape index (κ2) is 18.6. The topological polar surface area (TPSA) is 89.5 Å². The van der Waals surface area contributed by atoms with Crippen molar-refractivity contribution in [3.63, 3.8) is 0 Å². The lowest BCUT2D eigenvalue weighted by Crippen LogP contribution is -2.71. The fraction of sp³-hybridized carbons (Fsp3) is 0.950. The predicted molar refractivity (Wildman–Crippen MR) is 217 cm³/mol. The Kier molecular flexibility index (Phi) is 17.1. The minimum absolute atomic E-state index is 0.0177. The molecule has 0 aliphatic heterocycles. The SMILES string of the molecule is CC[Si](CC)(CC)O[C@@H]1C[C@@H](C(C)(C)C(C)=O)[C@](C=O)(CCCOCOC)[C@H]2[C@@H](O[Si](C)(C)C(C)(C)C)CC[C@@H](OCOCC[Si](C)(C)C)[C@@]21C. The molecule has 0 radical (unpaired) electrons. The van der Waals surface area contributed by atoms with E-state index < -0.39 is 41.0 Å². The number of ketones is 1. The molecule has 0 aromatic heterocycles. The van der Waals surface area contributed by atoms with Crippen molar-refractivity contribution in [2.75, 3.05) is 33.9 Å². The number of hydrogen-bond acceptors (Lipinski definition) is 8. The quantitative estimate of drug-likeness (QED) is 0.0465. The highest BCUT2D eigenvalue weighted by Crippen LogP contribution is 2.66. The van der Waals surface area contributed by atoms with Gasteiger partial charge < -0.3 is 32.6 Å². The van der Waals surface area contributed by atoms with Crippen LogP contribution in [0.15, 0.2) is 0 Å². The Hall–Kier alpha value is -0.249. The minimum Gasteiger partial charge on any atom is -0.414 e. The molecule has 0 N–H and O–H groups in total. The zero-order valence-electron chi connectivity index (χ0n) is 35.9. The van der Waals surface area contributed by atoms with Crippen molar-refractivity contribution < 1.29 is 37.4 Å². The first-order chi connectivity index (χ1) is 23.5. The van der Waals surface area contributed by atoms with Gasteiger partial charge in [-0.25, -0.2) is 0 Å². The zero-order valence-corrected chi connectivity index (χ0v) is 38.9. The van der Waals surface area contributed by atoms with Gasteiger partial charge >= 0.3 is 0 Å². The molecule has 2 saturated carbocycles. The number of carbonyl (C=O) groups excluding carboxylic acids is 2. The number of hydrogen-bond donors (Lipinski definition) is 0. The van der Waals surface area contributed by atoms with Crippen LogP contribution in [0, 0.1) is 28.1 Å². The number of ether oxygens (including phenoxy) is 4. The van der Waals surface area contributed by atoms with Gasteiger partial charge in [-0.3, -0.25) is 4.79 Å². The molecule has 51 heavy (non-hydrogen) atoms. The van der Waals surface area contributed by atoms with E-state index in [2.05, 4.69) is 95.0 Å². The normalized spacial score (nSPS) is 29.5. The maximum absolute atomic E-state index is 14.3. The summed E-state index contributed by atoms with van der Waals surface area (Å²) in [4.78, 5) is 28.0. The van der Waals surface area contributed by atoms with E-state index in [4.69, 9.17) is 27.8 Å². The summed E-state index contributed by atoms with van der Waals surface area (Å²) < 4.78 is 39.2. The summed E-state index contributed by atoms with van der Waals surface area (Å²) in [6, 6.07) is 4.13. The number of rotatable bonds is 22. The monoisotopic (exact) mass is 773 g/mol. The first kappa shape index (κ1) is 46.9. The predicted octanol–water partition coefficient (Wildman–Crippen LogP) is 10.1. The van der Waals surface area contributed by atoms with Gasteiger partial charge in [-0.2, -0.15) is 0 Å². The highest BCUT2D eigenvalue weighted by atomic mass is 28.4. The van der Waals surface area contributed by atoms with Crippen LogP contribution in [-0.4, -0.2) is 89.0 Å². The van der Waals surface area contributed by atoms with Crippen LogP contribution in [-0.2, 0) is 37.4 Å². The first-order valence-electron chi connectivity index (χ1n) is 20.1. The molecule has 8 nitrogen and oxygen atoms in total. The van der Waals surface area contributed by atoms with E-state index in [9.17, 15) is 9.59 Å². The van der Waals surface area contributed by atoms with Crippen molar-refractivity contribution in [1.29, 1.82) is 0 Å². The lowest BCUT2D eigenvalue weighted by molar-refractivity contribution is -0.258. The van der Waals surface area contributed by atoms with E-state index in [-0.39, 0.29) is 54.6 Å². The Labute approximate surface area is 316 Å². The molecule has 0 unspecified atom stereocenters. The van der Waals surface area contributed by atoms with E-state index in [1.807, 2.05) is 0 Å². The van der Waals surface area contributed by atoms with E-state index in [1.54, 1.807) is 14.0 Å². The number of Topliss-reactive ketones (excluding diaryl/α,β-unsaturated/α-hetero) is 1. The fourth-order valence-electron chi connectivity index (χ4n) is 9.00. The average Bonchev–Trinajstić information content (AvgIpc) is 3.03. The van der Waals surface area contributed by atoms with Crippen LogP contribution >= 0.6 is 0 Å². The van der Waals surface area contributed by atoms with Crippen molar-refractivity contribution >= 4 is 36.8 Å². The molecule has 11 heteroatoms. The highest BCUT2D eigenvalue weighted by molar-refractivity contribution is 6.76. The van der Waals surface area contributed by atoms with Gasteiger partial charge in [0.15, 0.2) is 16.6 Å². The fourth-order valence-corrected chi connectivity index (χ4v) is 14.1. The lowest BCUT2D eigenvalue weighted by atomic mass is 9.41. The third kappa shape index (κ3) is 10.7. The van der Waals surface area contributed by atoms with Crippen LogP contribution in [0.3, 0.4) is 0 Å². The van der Waals surface area contributed by atoms with E-state index in [0.29, 0.717) is 32.5 Å². The standard InChI is InChI=1S/C40H80O8Si3/c1-17-51(18-2,19-3)48-35-27-33(38(8,9)31(4)42)40(28-41,23-20-24-44-29-43-11)36-32(47-50(15,16)37(5,6)7)21-22-34(39(35,36)10)46-30-45-25-26-49(12,13)14/h28,32-36H,17-27,29-30H2,1-16H3/t32-,33-,34+,35+,36-,39+,40+/m0/s1. The van der Waals surface area contributed by atoms with Crippen LogP contribution in [0.25, 0.3) is 0 Å². The van der Waals surface area contributed by atoms with Gasteiger partial charge in [0.2, 0.25) is 0 Å². The van der Waals surface area contributed by atoms with Crippen LogP contribution in [0.1, 0.15) is 101 Å². The smallest absolute Gasteiger partial charge is 0.192 e. The molecule has 0 heterocycles. The van der Waals surface area contributed by atoms with Crippen molar-refractivity contribution in [3.05, 3.63) is 0 Å². The Morgan fingerprint density at radius 2 is 1.45 bits per heavy atom. The summed E-state index contributed by atoms with van der Waals surface area (Å²) in [7, 11) is -4.09. The Morgan fingerprint density at radius 1 is 0.863 bits per heavy atom. The summed E-state index contributed by atoms with van der Waals surface area (Å²) in [5, 5.41) is -0.0177. The molecular formula is C40H80O8Si3. The van der Waals surface area contributed by atoms with Gasteiger partial charge in [0.05, 0.1) is 12.2 Å². The van der Waals surface area contributed by atoms with Gasteiger partial charge in [-0.15, -0.1) is 0 Å². The van der Waals surface area contributed by atoms with Crippen molar-refractivity contribution in [1.82, 2.24) is 0 Å². The summed E-state index contributed by atoms with van der Waals surface area (Å²) in [5.74, 6) is -0.387. The highest BCUT2D eigenvalue weighted by Gasteiger charge is 2.70. The Balaban J connectivity index is 2.92. The van der Waals surface area contributed by atoms with Gasteiger partial charge in [0.25, 0.3) is 0 Å². The number of fused-ring (bicyclic) bond motifs is 1. The van der Waals surface area contributed by atoms with Crippen LogP contribution in [0.2, 0.25) is 61.9 Å². The molecule has 0 saturated heterocycles. The van der Waals surface area contributed by atoms with E-state index >= 15 is 0 Å². The number of methoxy groups -OCH3 is 1. The molecule has 0 spiro atoms. The molecule has 0 aromatic carbocycles. The summed E-state index contributed by atoms with van der Waals surface area (Å²) >= 11 is 0. The largest absolute Gasteiger partial charge is 0.414 e. The van der Waals surface area contributed by atoms with Crippen LogP contribution < -0.4 is 0 Å². The molecule has 300 valence electrons.